The molecule has 0 saturated carbocycles. The van der Waals surface area contributed by atoms with Gasteiger partial charge in [0.1, 0.15) is 11.9 Å². The Morgan fingerprint density at radius 3 is 2.89 bits per heavy atom. The maximum Gasteiger partial charge on any atom is 0.141 e. The molecule has 0 spiro atoms. The number of benzene rings is 1. The highest BCUT2D eigenvalue weighted by Gasteiger charge is 2.24. The summed E-state index contributed by atoms with van der Waals surface area (Å²) >= 11 is 0. The van der Waals surface area contributed by atoms with E-state index in [1.165, 1.54) is 6.07 Å². The second-order valence-electron chi connectivity index (χ2n) is 4.58. The van der Waals surface area contributed by atoms with Crippen LogP contribution < -0.4 is 5.32 Å². The van der Waals surface area contributed by atoms with E-state index in [4.69, 9.17) is 10.00 Å². The summed E-state index contributed by atoms with van der Waals surface area (Å²) in [5, 5.41) is 12.4. The van der Waals surface area contributed by atoms with E-state index in [0.29, 0.717) is 24.8 Å². The van der Waals surface area contributed by atoms with Crippen molar-refractivity contribution in [2.75, 3.05) is 13.2 Å². The van der Waals surface area contributed by atoms with Gasteiger partial charge in [0, 0.05) is 12.6 Å². The zero-order chi connectivity index (χ0) is 13.1. The van der Waals surface area contributed by atoms with E-state index in [-0.39, 0.29) is 11.7 Å². The summed E-state index contributed by atoms with van der Waals surface area (Å²) < 4.78 is 19.2. The molecule has 0 radical (unpaired) electrons. The van der Waals surface area contributed by atoms with Gasteiger partial charge in [0.15, 0.2) is 0 Å². The Morgan fingerprint density at radius 2 is 2.33 bits per heavy atom. The first-order valence-electron chi connectivity index (χ1n) is 6.21. The standard InChI is InChI=1S/C14H17FN2O/c1-3-10-8-18-14(7-17-10)11-4-5-13(15)12(6-16)9(11)2/h4-5,10,14,17H,3,7-8H2,1-2H3/t10-,14+/m1/s1. The number of morpholine rings is 1. The van der Waals surface area contributed by atoms with Crippen molar-refractivity contribution >= 4 is 0 Å². The molecule has 0 unspecified atom stereocenters. The maximum atomic E-state index is 13.4. The number of halogens is 1. The molecule has 1 aliphatic rings. The molecule has 96 valence electrons. The summed E-state index contributed by atoms with van der Waals surface area (Å²) in [6, 6.07) is 5.35. The molecule has 1 saturated heterocycles. The predicted molar refractivity (Wildman–Crippen MR) is 66.6 cm³/mol. The van der Waals surface area contributed by atoms with E-state index in [1.54, 1.807) is 13.0 Å². The van der Waals surface area contributed by atoms with Crippen LogP contribution in [0.2, 0.25) is 0 Å². The van der Waals surface area contributed by atoms with Gasteiger partial charge in [-0.15, -0.1) is 0 Å². The lowest BCUT2D eigenvalue weighted by molar-refractivity contribution is 0.00185. The number of ether oxygens (including phenoxy) is 1. The minimum Gasteiger partial charge on any atom is -0.371 e. The zero-order valence-corrected chi connectivity index (χ0v) is 10.7. The van der Waals surface area contributed by atoms with Crippen LogP contribution in [0.25, 0.3) is 0 Å². The van der Waals surface area contributed by atoms with Gasteiger partial charge in [-0.3, -0.25) is 0 Å². The quantitative estimate of drug-likeness (QED) is 0.874. The van der Waals surface area contributed by atoms with Gasteiger partial charge in [0.05, 0.1) is 18.3 Å². The van der Waals surface area contributed by atoms with Gasteiger partial charge in [-0.05, 0) is 30.5 Å². The van der Waals surface area contributed by atoms with E-state index in [2.05, 4.69) is 12.2 Å². The van der Waals surface area contributed by atoms with Crippen LogP contribution in [0.1, 0.15) is 36.1 Å². The molecule has 1 aliphatic heterocycles. The molecule has 0 amide bonds. The fourth-order valence-electron chi connectivity index (χ4n) is 2.27. The molecule has 4 heteroatoms. The number of hydrogen-bond acceptors (Lipinski definition) is 3. The van der Waals surface area contributed by atoms with Gasteiger partial charge in [0.25, 0.3) is 0 Å². The fraction of sp³-hybridized carbons (Fsp3) is 0.500. The Hall–Kier alpha value is -1.44. The summed E-state index contributed by atoms with van der Waals surface area (Å²) in [5.41, 5.74) is 1.70. The van der Waals surface area contributed by atoms with Gasteiger partial charge < -0.3 is 10.1 Å². The Kier molecular flexibility index (Phi) is 3.95. The molecule has 0 aromatic heterocycles. The molecule has 0 bridgehead atoms. The molecule has 0 aliphatic carbocycles. The molecule has 1 fully saturated rings. The fourth-order valence-corrected chi connectivity index (χ4v) is 2.27. The number of nitriles is 1. The Labute approximate surface area is 107 Å². The van der Waals surface area contributed by atoms with Gasteiger partial charge in [-0.2, -0.15) is 5.26 Å². The molecule has 3 nitrogen and oxygen atoms in total. The van der Waals surface area contributed by atoms with E-state index < -0.39 is 5.82 Å². The van der Waals surface area contributed by atoms with Crippen molar-refractivity contribution in [1.29, 1.82) is 5.26 Å². The molecule has 1 N–H and O–H groups in total. The molecule has 2 rings (SSSR count). The van der Waals surface area contributed by atoms with Crippen LogP contribution in [0.5, 0.6) is 0 Å². The van der Waals surface area contributed by atoms with Crippen molar-refractivity contribution in [3.05, 3.63) is 34.6 Å². The lowest BCUT2D eigenvalue weighted by atomic mass is 9.97. The first-order valence-corrected chi connectivity index (χ1v) is 6.21. The van der Waals surface area contributed by atoms with E-state index in [0.717, 1.165) is 12.0 Å². The van der Waals surface area contributed by atoms with E-state index in [9.17, 15) is 4.39 Å². The van der Waals surface area contributed by atoms with E-state index >= 15 is 0 Å². The van der Waals surface area contributed by atoms with Crippen molar-refractivity contribution in [3.8, 4) is 6.07 Å². The number of nitrogens with zero attached hydrogens (tertiary/aromatic N) is 1. The highest BCUT2D eigenvalue weighted by atomic mass is 19.1. The summed E-state index contributed by atoms with van der Waals surface area (Å²) in [7, 11) is 0. The third-order valence-corrected chi connectivity index (χ3v) is 3.50. The van der Waals surface area contributed by atoms with Crippen molar-refractivity contribution in [2.24, 2.45) is 0 Å². The molecule has 1 aromatic carbocycles. The highest BCUT2D eigenvalue weighted by Crippen LogP contribution is 2.27. The third kappa shape index (κ3) is 2.38. The topological polar surface area (TPSA) is 45.0 Å². The van der Waals surface area contributed by atoms with Crippen LogP contribution in [0.3, 0.4) is 0 Å². The number of hydrogen-bond donors (Lipinski definition) is 1. The third-order valence-electron chi connectivity index (χ3n) is 3.50. The second-order valence-corrected chi connectivity index (χ2v) is 4.58. The minimum absolute atomic E-state index is 0.0968. The highest BCUT2D eigenvalue weighted by molar-refractivity contribution is 5.44. The molecular weight excluding hydrogens is 231 g/mol. The van der Waals surface area contributed by atoms with Crippen LogP contribution in [-0.4, -0.2) is 19.2 Å². The SMILES string of the molecule is CC[C@@H]1CO[C@H](c2ccc(F)c(C#N)c2C)CN1. The summed E-state index contributed by atoms with van der Waals surface area (Å²) in [5.74, 6) is -0.464. The maximum absolute atomic E-state index is 13.4. The Bertz CT molecular complexity index is 473. The zero-order valence-electron chi connectivity index (χ0n) is 10.7. The van der Waals surface area contributed by atoms with Crippen LogP contribution in [0, 0.1) is 24.1 Å². The molecule has 1 heterocycles. The van der Waals surface area contributed by atoms with Crippen LogP contribution in [-0.2, 0) is 4.74 Å². The minimum atomic E-state index is -0.464. The molecule has 18 heavy (non-hydrogen) atoms. The van der Waals surface area contributed by atoms with Gasteiger partial charge in [0.2, 0.25) is 0 Å². The average molecular weight is 248 g/mol. The van der Waals surface area contributed by atoms with Crippen molar-refractivity contribution in [3.63, 3.8) is 0 Å². The van der Waals surface area contributed by atoms with Crippen LogP contribution in [0.15, 0.2) is 12.1 Å². The Balaban J connectivity index is 2.23. The lowest BCUT2D eigenvalue weighted by Crippen LogP contribution is -2.42. The van der Waals surface area contributed by atoms with Crippen LogP contribution >= 0.6 is 0 Å². The van der Waals surface area contributed by atoms with Crippen molar-refractivity contribution in [1.82, 2.24) is 5.32 Å². The van der Waals surface area contributed by atoms with Gasteiger partial charge >= 0.3 is 0 Å². The molecular formula is C14H17FN2O. The smallest absolute Gasteiger partial charge is 0.141 e. The second kappa shape index (κ2) is 5.47. The summed E-state index contributed by atoms with van der Waals surface area (Å²) in [4.78, 5) is 0. The van der Waals surface area contributed by atoms with Crippen molar-refractivity contribution in [2.45, 2.75) is 32.4 Å². The predicted octanol–water partition coefficient (Wildman–Crippen LogP) is 2.45. The first kappa shape index (κ1) is 13.0. The number of nitrogens with one attached hydrogen (secondary N) is 1. The van der Waals surface area contributed by atoms with Gasteiger partial charge in [-0.25, -0.2) is 4.39 Å². The van der Waals surface area contributed by atoms with Crippen LogP contribution in [0.4, 0.5) is 4.39 Å². The summed E-state index contributed by atoms with van der Waals surface area (Å²) in [6.45, 7) is 5.24. The first-order chi connectivity index (χ1) is 8.67. The largest absolute Gasteiger partial charge is 0.371 e. The van der Waals surface area contributed by atoms with Crippen molar-refractivity contribution < 1.29 is 9.13 Å². The summed E-state index contributed by atoms with van der Waals surface area (Å²) in [6.07, 6.45) is 0.930. The number of rotatable bonds is 2. The normalized spacial score (nSPS) is 23.7. The molecule has 2 atom stereocenters. The monoisotopic (exact) mass is 248 g/mol. The Morgan fingerprint density at radius 1 is 1.56 bits per heavy atom. The molecule has 1 aromatic rings. The lowest BCUT2D eigenvalue weighted by Gasteiger charge is -2.31. The van der Waals surface area contributed by atoms with E-state index in [1.807, 2.05) is 6.07 Å². The van der Waals surface area contributed by atoms with Gasteiger partial charge in [-0.1, -0.05) is 13.0 Å². The average Bonchev–Trinajstić information content (AvgIpc) is 2.40.